The molecule has 27 heavy (non-hydrogen) atoms. The third kappa shape index (κ3) is 4.04. The molecule has 3 rings (SSSR count). The highest BCUT2D eigenvalue weighted by atomic mass is 16.5. The predicted octanol–water partition coefficient (Wildman–Crippen LogP) is 4.96. The van der Waals surface area contributed by atoms with Crippen molar-refractivity contribution in [2.75, 3.05) is 7.11 Å². The predicted molar refractivity (Wildman–Crippen MR) is 107 cm³/mol. The highest BCUT2D eigenvalue weighted by Crippen LogP contribution is 2.30. The Morgan fingerprint density at radius 2 is 1.11 bits per heavy atom. The van der Waals surface area contributed by atoms with Gasteiger partial charge in [-0.25, -0.2) is 4.79 Å². The number of rotatable bonds is 5. The first kappa shape index (κ1) is 18.3. The molecule has 134 valence electrons. The van der Waals surface area contributed by atoms with Crippen molar-refractivity contribution in [1.29, 1.82) is 0 Å². The molecule has 0 aliphatic rings. The Morgan fingerprint density at radius 3 is 1.59 bits per heavy atom. The SMILES string of the molecule is COC(=O)/C(=C(\C(=O)c1ccc(C)cc1)c1ccccc1)c1ccccc1. The van der Waals surface area contributed by atoms with Crippen LogP contribution in [0.2, 0.25) is 0 Å². The van der Waals surface area contributed by atoms with Crippen molar-refractivity contribution < 1.29 is 14.3 Å². The first-order chi connectivity index (χ1) is 13.1. The average Bonchev–Trinajstić information content (AvgIpc) is 2.72. The summed E-state index contributed by atoms with van der Waals surface area (Å²) in [5.41, 5.74) is 3.49. The number of ether oxygens (including phenoxy) is 1. The molecule has 0 aromatic heterocycles. The van der Waals surface area contributed by atoms with Gasteiger partial charge in [0, 0.05) is 11.1 Å². The number of allylic oxidation sites excluding steroid dienone is 1. The standard InChI is InChI=1S/C24H20O3/c1-17-13-15-20(16-14-17)23(25)21(18-9-5-3-6-10-18)22(24(26)27-2)19-11-7-4-8-12-19/h3-16H,1-2H3/b22-21-. The topological polar surface area (TPSA) is 43.4 Å². The lowest BCUT2D eigenvalue weighted by atomic mass is 9.89. The molecule has 0 aliphatic heterocycles. The van der Waals surface area contributed by atoms with Crippen molar-refractivity contribution in [2.24, 2.45) is 0 Å². The maximum atomic E-state index is 13.4. The zero-order valence-electron chi connectivity index (χ0n) is 15.3. The van der Waals surface area contributed by atoms with Gasteiger partial charge in [0.05, 0.1) is 12.7 Å². The molecule has 0 bridgehead atoms. The minimum atomic E-state index is -0.541. The molecule has 0 fully saturated rings. The summed E-state index contributed by atoms with van der Waals surface area (Å²) in [5.74, 6) is -0.758. The van der Waals surface area contributed by atoms with Gasteiger partial charge in [0.25, 0.3) is 0 Å². The van der Waals surface area contributed by atoms with Crippen molar-refractivity contribution in [3.05, 3.63) is 107 Å². The zero-order chi connectivity index (χ0) is 19.2. The molecule has 3 aromatic rings. The minimum Gasteiger partial charge on any atom is -0.465 e. The normalized spacial score (nSPS) is 11.5. The summed E-state index contributed by atoms with van der Waals surface area (Å²) < 4.78 is 5.03. The van der Waals surface area contributed by atoms with Gasteiger partial charge < -0.3 is 4.74 Å². The average molecular weight is 356 g/mol. The fourth-order valence-electron chi connectivity index (χ4n) is 2.91. The molecule has 0 heterocycles. The van der Waals surface area contributed by atoms with Gasteiger partial charge in [0.15, 0.2) is 5.78 Å². The van der Waals surface area contributed by atoms with Crippen LogP contribution in [0.3, 0.4) is 0 Å². The Labute approximate surface area is 158 Å². The van der Waals surface area contributed by atoms with E-state index in [9.17, 15) is 9.59 Å². The molecule has 3 heteroatoms. The summed E-state index contributed by atoms with van der Waals surface area (Å²) in [4.78, 5) is 26.1. The third-order valence-corrected chi connectivity index (χ3v) is 4.31. The quantitative estimate of drug-likeness (QED) is 0.281. The van der Waals surface area contributed by atoms with Gasteiger partial charge in [-0.2, -0.15) is 0 Å². The van der Waals surface area contributed by atoms with Crippen molar-refractivity contribution in [1.82, 2.24) is 0 Å². The first-order valence-electron chi connectivity index (χ1n) is 8.66. The Balaban J connectivity index is 2.30. The van der Waals surface area contributed by atoms with Crippen molar-refractivity contribution in [3.8, 4) is 0 Å². The Hall–Kier alpha value is -3.46. The van der Waals surface area contributed by atoms with Gasteiger partial charge in [-0.3, -0.25) is 4.79 Å². The van der Waals surface area contributed by atoms with Crippen LogP contribution in [-0.2, 0) is 9.53 Å². The van der Waals surface area contributed by atoms with E-state index in [-0.39, 0.29) is 11.4 Å². The van der Waals surface area contributed by atoms with E-state index in [1.807, 2.05) is 67.6 Å². The maximum Gasteiger partial charge on any atom is 0.339 e. The number of aryl methyl sites for hydroxylation is 1. The van der Waals surface area contributed by atoms with E-state index in [4.69, 9.17) is 4.74 Å². The summed E-state index contributed by atoms with van der Waals surface area (Å²) in [6, 6.07) is 25.7. The van der Waals surface area contributed by atoms with E-state index in [1.54, 1.807) is 24.3 Å². The van der Waals surface area contributed by atoms with E-state index in [0.717, 1.165) is 5.56 Å². The zero-order valence-corrected chi connectivity index (χ0v) is 15.3. The second kappa shape index (κ2) is 8.28. The lowest BCUT2D eigenvalue weighted by Gasteiger charge is -2.14. The van der Waals surface area contributed by atoms with Gasteiger partial charge in [-0.15, -0.1) is 0 Å². The van der Waals surface area contributed by atoms with Crippen LogP contribution in [0, 0.1) is 6.92 Å². The molecular formula is C24H20O3. The number of esters is 1. The molecule has 0 atom stereocenters. The van der Waals surface area contributed by atoms with Crippen LogP contribution in [0.25, 0.3) is 11.1 Å². The number of carbonyl (C=O) groups excluding carboxylic acids is 2. The molecule has 0 saturated carbocycles. The van der Waals surface area contributed by atoms with Crippen LogP contribution in [0.15, 0.2) is 84.9 Å². The summed E-state index contributed by atoms with van der Waals surface area (Å²) >= 11 is 0. The molecule has 0 unspecified atom stereocenters. The number of carbonyl (C=O) groups is 2. The summed E-state index contributed by atoms with van der Waals surface area (Å²) in [6.07, 6.45) is 0. The number of ketones is 1. The molecule has 3 aromatic carbocycles. The summed E-state index contributed by atoms with van der Waals surface area (Å²) in [5, 5.41) is 0. The number of hydrogen-bond acceptors (Lipinski definition) is 3. The summed E-state index contributed by atoms with van der Waals surface area (Å²) in [7, 11) is 1.32. The molecule has 0 N–H and O–H groups in total. The number of Topliss-reactive ketones (excluding diaryl/α,β-unsaturated/α-hetero) is 1. The largest absolute Gasteiger partial charge is 0.465 e. The molecule has 0 radical (unpaired) electrons. The molecule has 0 aliphatic carbocycles. The van der Waals surface area contributed by atoms with Crippen LogP contribution in [0.4, 0.5) is 0 Å². The highest BCUT2D eigenvalue weighted by Gasteiger charge is 2.25. The van der Waals surface area contributed by atoms with Gasteiger partial charge in [-0.05, 0) is 18.1 Å². The molecular weight excluding hydrogens is 336 g/mol. The second-order valence-electron chi connectivity index (χ2n) is 6.17. The van der Waals surface area contributed by atoms with Crippen LogP contribution in [-0.4, -0.2) is 18.9 Å². The van der Waals surface area contributed by atoms with Gasteiger partial charge in [-0.1, -0.05) is 90.5 Å². The minimum absolute atomic E-state index is 0.217. The van der Waals surface area contributed by atoms with E-state index in [1.165, 1.54) is 7.11 Å². The van der Waals surface area contributed by atoms with E-state index >= 15 is 0 Å². The van der Waals surface area contributed by atoms with Crippen molar-refractivity contribution in [3.63, 3.8) is 0 Å². The monoisotopic (exact) mass is 356 g/mol. The van der Waals surface area contributed by atoms with Gasteiger partial charge >= 0.3 is 5.97 Å². The van der Waals surface area contributed by atoms with Crippen LogP contribution >= 0.6 is 0 Å². The van der Waals surface area contributed by atoms with E-state index in [0.29, 0.717) is 22.3 Å². The summed E-state index contributed by atoms with van der Waals surface area (Å²) in [6.45, 7) is 1.96. The number of methoxy groups -OCH3 is 1. The number of benzene rings is 3. The molecule has 0 amide bonds. The van der Waals surface area contributed by atoms with Gasteiger partial charge in [0.1, 0.15) is 0 Å². The Kier molecular flexibility index (Phi) is 5.62. The lowest BCUT2D eigenvalue weighted by molar-refractivity contribution is -0.133. The van der Waals surface area contributed by atoms with Crippen molar-refractivity contribution in [2.45, 2.75) is 6.92 Å². The van der Waals surface area contributed by atoms with Crippen LogP contribution in [0.1, 0.15) is 27.0 Å². The molecule has 0 saturated heterocycles. The maximum absolute atomic E-state index is 13.4. The fourth-order valence-corrected chi connectivity index (χ4v) is 2.91. The fraction of sp³-hybridized carbons (Fsp3) is 0.0833. The highest BCUT2D eigenvalue weighted by molar-refractivity contribution is 6.42. The Morgan fingerprint density at radius 1 is 0.630 bits per heavy atom. The van der Waals surface area contributed by atoms with Crippen molar-refractivity contribution >= 4 is 22.9 Å². The third-order valence-electron chi connectivity index (χ3n) is 4.31. The Bertz CT molecular complexity index is 969. The number of hydrogen-bond donors (Lipinski definition) is 0. The smallest absolute Gasteiger partial charge is 0.339 e. The first-order valence-corrected chi connectivity index (χ1v) is 8.66. The van der Waals surface area contributed by atoms with Gasteiger partial charge in [0.2, 0.25) is 0 Å². The second-order valence-corrected chi connectivity index (χ2v) is 6.17. The van der Waals surface area contributed by atoms with E-state index < -0.39 is 5.97 Å². The molecule has 0 spiro atoms. The lowest BCUT2D eigenvalue weighted by Crippen LogP contribution is -2.13. The molecule has 3 nitrogen and oxygen atoms in total. The van der Waals surface area contributed by atoms with E-state index in [2.05, 4.69) is 0 Å². The van der Waals surface area contributed by atoms with Crippen LogP contribution in [0.5, 0.6) is 0 Å². The van der Waals surface area contributed by atoms with Crippen LogP contribution < -0.4 is 0 Å².